The number of likely N-dealkylation sites (N-methyl/N-ethyl adjacent to an activating group) is 1. The number of urea groups is 1. The lowest BCUT2D eigenvalue weighted by Crippen LogP contribution is -2.44. The molecule has 1 aliphatic heterocycles. The second-order valence-corrected chi connectivity index (χ2v) is 10.6. The molecule has 0 spiro atoms. The van der Waals surface area contributed by atoms with Crippen molar-refractivity contribution in [2.45, 2.75) is 26.6 Å². The normalized spacial score (nSPS) is 14.6. The van der Waals surface area contributed by atoms with E-state index in [1.54, 1.807) is 29.2 Å². The number of nitrogens with zero attached hydrogens (tertiary/aromatic N) is 5. The van der Waals surface area contributed by atoms with Crippen molar-refractivity contribution in [1.29, 1.82) is 0 Å². The van der Waals surface area contributed by atoms with Gasteiger partial charge in [0.05, 0.1) is 11.8 Å². The summed E-state index contributed by atoms with van der Waals surface area (Å²) < 4.78 is 43.4. The zero-order chi connectivity index (χ0) is 30.0. The summed E-state index contributed by atoms with van der Waals surface area (Å²) in [5, 5.41) is 9.69. The molecule has 0 bridgehead atoms. The average molecular weight is 579 g/mol. The SMILES string of the molecule is Cc1cc(NC(=O)Nc2ccc(CN3CCN(C)CC3)c(C(F)(F)F)c2)ccc1-c1cnn(-c2c(C)ccnc2N)c1. The molecular weight excluding hydrogens is 545 g/mol. The van der Waals surface area contributed by atoms with Crippen LogP contribution in [0, 0.1) is 13.8 Å². The first-order chi connectivity index (χ1) is 20.0. The molecule has 0 saturated carbocycles. The van der Waals surface area contributed by atoms with E-state index >= 15 is 0 Å². The molecule has 220 valence electrons. The Bertz CT molecular complexity index is 1570. The average Bonchev–Trinajstić information content (AvgIpc) is 3.39. The largest absolute Gasteiger partial charge is 0.416 e. The summed E-state index contributed by atoms with van der Waals surface area (Å²) in [6.45, 7) is 7.06. The Morgan fingerprint density at radius 2 is 1.67 bits per heavy atom. The minimum atomic E-state index is -4.54. The number of hydrogen-bond donors (Lipinski definition) is 3. The number of aryl methyl sites for hydroxylation is 2. The number of rotatable bonds is 6. The zero-order valence-corrected chi connectivity index (χ0v) is 23.7. The second-order valence-electron chi connectivity index (χ2n) is 10.6. The number of benzene rings is 2. The van der Waals surface area contributed by atoms with Gasteiger partial charge in [0, 0.05) is 62.1 Å². The fourth-order valence-corrected chi connectivity index (χ4v) is 5.12. The highest BCUT2D eigenvalue weighted by Gasteiger charge is 2.34. The van der Waals surface area contributed by atoms with Crippen molar-refractivity contribution in [3.8, 4) is 16.8 Å². The Morgan fingerprint density at radius 1 is 0.976 bits per heavy atom. The quantitative estimate of drug-likeness (QED) is 0.278. The molecule has 3 heterocycles. The standard InChI is InChI=1S/C30H33F3N8O/c1-19-8-9-35-28(34)27(19)41-18-22(16-36-41)25-7-6-23(14-20(25)2)37-29(42)38-24-5-4-21(26(15-24)30(31,32)33)17-40-12-10-39(3)11-13-40/h4-9,14-16,18H,10-13,17H2,1-3H3,(H2,34,35)(H2,37,38,42). The summed E-state index contributed by atoms with van der Waals surface area (Å²) >= 11 is 0. The van der Waals surface area contributed by atoms with Gasteiger partial charge in [-0.25, -0.2) is 14.5 Å². The Hall–Kier alpha value is -4.42. The predicted octanol–water partition coefficient (Wildman–Crippen LogP) is 5.54. The number of pyridine rings is 1. The van der Waals surface area contributed by atoms with E-state index in [0.29, 0.717) is 30.3 Å². The smallest absolute Gasteiger partial charge is 0.382 e. The Labute approximate surface area is 242 Å². The number of nitrogen functional groups attached to an aromatic ring is 1. The molecule has 5 rings (SSSR count). The van der Waals surface area contributed by atoms with E-state index in [0.717, 1.165) is 41.4 Å². The van der Waals surface area contributed by atoms with E-state index in [-0.39, 0.29) is 17.8 Å². The topological polar surface area (TPSA) is 104 Å². The van der Waals surface area contributed by atoms with E-state index in [1.165, 1.54) is 12.1 Å². The third-order valence-corrected chi connectivity index (χ3v) is 7.42. The van der Waals surface area contributed by atoms with Gasteiger partial charge in [0.2, 0.25) is 0 Å². The number of carbonyl (C=O) groups is 1. The van der Waals surface area contributed by atoms with E-state index in [4.69, 9.17) is 5.73 Å². The van der Waals surface area contributed by atoms with E-state index in [1.807, 2.05) is 44.1 Å². The number of carbonyl (C=O) groups excluding carboxylic acids is 1. The van der Waals surface area contributed by atoms with Gasteiger partial charge in [-0.05, 0) is 73.5 Å². The summed E-state index contributed by atoms with van der Waals surface area (Å²) in [7, 11) is 2.00. The highest BCUT2D eigenvalue weighted by atomic mass is 19.4. The molecule has 1 aliphatic rings. The minimum Gasteiger partial charge on any atom is -0.382 e. The van der Waals surface area contributed by atoms with Gasteiger partial charge in [-0.1, -0.05) is 12.1 Å². The molecule has 2 aromatic heterocycles. The molecule has 2 amide bonds. The van der Waals surface area contributed by atoms with E-state index in [2.05, 4.69) is 25.6 Å². The van der Waals surface area contributed by atoms with Gasteiger partial charge in [0.15, 0.2) is 0 Å². The minimum absolute atomic E-state index is 0.0627. The van der Waals surface area contributed by atoms with Crippen molar-refractivity contribution in [2.24, 2.45) is 0 Å². The Morgan fingerprint density at radius 3 is 2.33 bits per heavy atom. The molecule has 4 aromatic rings. The van der Waals surface area contributed by atoms with E-state index < -0.39 is 17.8 Å². The van der Waals surface area contributed by atoms with Gasteiger partial charge in [-0.15, -0.1) is 0 Å². The molecule has 42 heavy (non-hydrogen) atoms. The fourth-order valence-electron chi connectivity index (χ4n) is 5.12. The van der Waals surface area contributed by atoms with Crippen molar-refractivity contribution in [3.05, 3.63) is 83.3 Å². The molecule has 0 aliphatic carbocycles. The molecule has 1 fully saturated rings. The molecule has 9 nitrogen and oxygen atoms in total. The predicted molar refractivity (Wildman–Crippen MR) is 158 cm³/mol. The van der Waals surface area contributed by atoms with Gasteiger partial charge in [0.25, 0.3) is 0 Å². The van der Waals surface area contributed by atoms with Crippen LogP contribution in [0.25, 0.3) is 16.8 Å². The number of aromatic nitrogens is 3. The maximum atomic E-state index is 13.9. The van der Waals surface area contributed by atoms with Crippen LogP contribution in [0.4, 0.5) is 35.2 Å². The summed E-state index contributed by atoms with van der Waals surface area (Å²) in [5.74, 6) is 0.374. The molecule has 0 atom stereocenters. The van der Waals surface area contributed by atoms with Crippen molar-refractivity contribution in [1.82, 2.24) is 24.6 Å². The summed E-state index contributed by atoms with van der Waals surface area (Å²) in [5.41, 5.74) is 10.3. The van der Waals surface area contributed by atoms with E-state index in [9.17, 15) is 18.0 Å². The van der Waals surface area contributed by atoms with Gasteiger partial charge >= 0.3 is 12.2 Å². The highest BCUT2D eigenvalue weighted by Crippen LogP contribution is 2.35. The number of halogens is 3. The zero-order valence-electron chi connectivity index (χ0n) is 23.7. The number of alkyl halides is 3. The number of amides is 2. The number of hydrogen-bond acceptors (Lipinski definition) is 6. The second kappa shape index (κ2) is 11.8. The van der Waals surface area contributed by atoms with Gasteiger partial charge in [0.1, 0.15) is 11.5 Å². The molecule has 12 heteroatoms. The van der Waals surface area contributed by atoms with Gasteiger partial charge in [-0.2, -0.15) is 18.3 Å². The number of anilines is 3. The number of piperazine rings is 1. The lowest BCUT2D eigenvalue weighted by molar-refractivity contribution is -0.138. The van der Waals surface area contributed by atoms with Crippen LogP contribution in [0.1, 0.15) is 22.3 Å². The molecule has 1 saturated heterocycles. The van der Waals surface area contributed by atoms with Crippen molar-refractivity contribution in [3.63, 3.8) is 0 Å². The molecule has 4 N–H and O–H groups in total. The van der Waals surface area contributed by atoms with Crippen LogP contribution < -0.4 is 16.4 Å². The maximum Gasteiger partial charge on any atom is 0.416 e. The Kier molecular flexibility index (Phi) is 8.19. The molecule has 2 aromatic carbocycles. The van der Waals surface area contributed by atoms with Crippen LogP contribution >= 0.6 is 0 Å². The first-order valence-corrected chi connectivity index (χ1v) is 13.5. The van der Waals surface area contributed by atoms with Crippen molar-refractivity contribution < 1.29 is 18.0 Å². The van der Waals surface area contributed by atoms with Gasteiger partial charge < -0.3 is 21.3 Å². The summed E-state index contributed by atoms with van der Waals surface area (Å²) in [6.07, 6.45) is 0.677. The van der Waals surface area contributed by atoms with Crippen molar-refractivity contribution in [2.75, 3.05) is 49.6 Å². The van der Waals surface area contributed by atoms with Gasteiger partial charge in [-0.3, -0.25) is 4.90 Å². The molecule has 0 radical (unpaired) electrons. The monoisotopic (exact) mass is 578 g/mol. The lowest BCUT2D eigenvalue weighted by Gasteiger charge is -2.33. The molecular formula is C30H33F3N8O. The fraction of sp³-hybridized carbons (Fsp3) is 0.300. The van der Waals surface area contributed by atoms with Crippen LogP contribution in [-0.4, -0.2) is 63.8 Å². The number of nitrogens with one attached hydrogen (secondary N) is 2. The van der Waals surface area contributed by atoms with Crippen LogP contribution in [-0.2, 0) is 12.7 Å². The third-order valence-electron chi connectivity index (χ3n) is 7.42. The Balaban J connectivity index is 1.27. The van der Waals surface area contributed by atoms with Crippen LogP contribution in [0.2, 0.25) is 0 Å². The van der Waals surface area contributed by atoms with Crippen LogP contribution in [0.15, 0.2) is 61.1 Å². The summed E-state index contributed by atoms with van der Waals surface area (Å²) in [6, 6.07) is 10.5. The summed E-state index contributed by atoms with van der Waals surface area (Å²) in [4.78, 5) is 21.0. The third kappa shape index (κ3) is 6.55. The first kappa shape index (κ1) is 29.1. The lowest BCUT2D eigenvalue weighted by atomic mass is 10.0. The highest BCUT2D eigenvalue weighted by molar-refractivity contribution is 6.00. The maximum absolute atomic E-state index is 13.9. The van der Waals surface area contributed by atoms with Crippen molar-refractivity contribution >= 4 is 23.2 Å². The van der Waals surface area contributed by atoms with Crippen LogP contribution in [0.3, 0.4) is 0 Å². The first-order valence-electron chi connectivity index (χ1n) is 13.5. The van der Waals surface area contributed by atoms with Crippen LogP contribution in [0.5, 0.6) is 0 Å². The number of nitrogens with two attached hydrogens (primary N) is 1. The molecule has 0 unspecified atom stereocenters.